The maximum atomic E-state index is 13.1. The van der Waals surface area contributed by atoms with Gasteiger partial charge in [0.15, 0.2) is 0 Å². The summed E-state index contributed by atoms with van der Waals surface area (Å²) in [5.74, 6) is 0.519. The lowest BCUT2D eigenvalue weighted by atomic mass is 10.2. The first kappa shape index (κ1) is 20.7. The summed E-state index contributed by atoms with van der Waals surface area (Å²) < 4.78 is 3.86. The minimum atomic E-state index is -0.436. The van der Waals surface area contributed by atoms with Gasteiger partial charge in [0.25, 0.3) is 11.2 Å². The second kappa shape index (κ2) is 8.27. The van der Waals surface area contributed by atoms with Crippen LogP contribution in [0.5, 0.6) is 0 Å². The molecule has 0 unspecified atom stereocenters. The van der Waals surface area contributed by atoms with Crippen molar-refractivity contribution in [1.29, 1.82) is 0 Å². The maximum absolute atomic E-state index is 13.1. The Morgan fingerprint density at radius 2 is 1.97 bits per heavy atom. The normalized spacial score (nSPS) is 11.6. The minimum absolute atomic E-state index is 0.00305. The molecule has 0 aliphatic carbocycles. The van der Waals surface area contributed by atoms with E-state index in [2.05, 4.69) is 26.0 Å². The first-order valence-corrected chi connectivity index (χ1v) is 10.3. The summed E-state index contributed by atoms with van der Waals surface area (Å²) in [7, 11) is 0. The van der Waals surface area contributed by atoms with Gasteiger partial charge in [-0.15, -0.1) is 0 Å². The van der Waals surface area contributed by atoms with Gasteiger partial charge in [0.2, 0.25) is 0 Å². The number of non-ortho nitro benzene ring substituents is 1. The van der Waals surface area contributed by atoms with Gasteiger partial charge in [-0.1, -0.05) is 35.8 Å². The van der Waals surface area contributed by atoms with E-state index in [1.54, 1.807) is 41.2 Å². The Labute approximate surface area is 185 Å². The fraction of sp³-hybridized carbons (Fsp3) is 0.136. The highest BCUT2D eigenvalue weighted by Crippen LogP contribution is 2.20. The third-order valence-corrected chi connectivity index (χ3v) is 5.25. The second-order valence-electron chi connectivity index (χ2n) is 7.23. The molecule has 0 saturated heterocycles. The van der Waals surface area contributed by atoms with Gasteiger partial charge in [-0.3, -0.25) is 14.9 Å². The molecule has 0 N–H and O–H groups in total. The van der Waals surface area contributed by atoms with Crippen molar-refractivity contribution in [2.45, 2.75) is 19.8 Å². The van der Waals surface area contributed by atoms with Crippen molar-refractivity contribution < 1.29 is 4.92 Å². The number of fused-ring (bicyclic) bond motifs is 1. The van der Waals surface area contributed by atoms with Crippen LogP contribution in [0.15, 0.2) is 75.2 Å². The lowest BCUT2D eigenvalue weighted by Crippen LogP contribution is -2.23. The van der Waals surface area contributed by atoms with Crippen molar-refractivity contribution in [3.63, 3.8) is 0 Å². The Bertz CT molecular complexity index is 1390. The van der Waals surface area contributed by atoms with Crippen LogP contribution >= 0.6 is 15.9 Å². The molecule has 2 aromatic carbocycles. The van der Waals surface area contributed by atoms with Crippen molar-refractivity contribution in [2.75, 3.05) is 0 Å². The molecule has 4 aromatic rings. The zero-order chi connectivity index (χ0) is 22.1. The number of hydrogen-bond donors (Lipinski definition) is 0. The van der Waals surface area contributed by atoms with E-state index in [0.29, 0.717) is 28.1 Å². The molecule has 0 aliphatic heterocycles. The molecule has 0 amide bonds. The van der Waals surface area contributed by atoms with E-state index in [1.807, 2.05) is 32.0 Å². The standard InChI is InChI=1S/C22H18BrN5O3/c1-14(2)21-25-20-9-8-15(23)11-19(20)22(29)27(21)24-13-18-7-4-10-26(18)16-5-3-6-17(12-16)28(30)31/h3-14H,1-2H3. The molecule has 0 fully saturated rings. The minimum Gasteiger partial charge on any atom is -0.315 e. The maximum Gasteiger partial charge on any atom is 0.282 e. The molecule has 4 rings (SSSR count). The number of nitro groups is 1. The number of aromatic nitrogens is 3. The summed E-state index contributed by atoms with van der Waals surface area (Å²) in [6.45, 7) is 3.90. The van der Waals surface area contributed by atoms with Crippen LogP contribution in [0.25, 0.3) is 16.6 Å². The predicted molar refractivity (Wildman–Crippen MR) is 123 cm³/mol. The third kappa shape index (κ3) is 4.04. The van der Waals surface area contributed by atoms with Gasteiger partial charge in [-0.2, -0.15) is 9.78 Å². The van der Waals surface area contributed by atoms with Gasteiger partial charge in [-0.05, 0) is 36.4 Å². The van der Waals surface area contributed by atoms with E-state index in [0.717, 1.165) is 4.47 Å². The monoisotopic (exact) mass is 479 g/mol. The molecule has 0 atom stereocenters. The first-order valence-electron chi connectivity index (χ1n) is 9.54. The third-order valence-electron chi connectivity index (χ3n) is 4.75. The summed E-state index contributed by atoms with van der Waals surface area (Å²) >= 11 is 3.39. The van der Waals surface area contributed by atoms with E-state index in [4.69, 9.17) is 0 Å². The highest BCUT2D eigenvalue weighted by Gasteiger charge is 2.14. The Balaban J connectivity index is 1.82. The first-order chi connectivity index (χ1) is 14.8. The lowest BCUT2D eigenvalue weighted by Gasteiger charge is -2.12. The van der Waals surface area contributed by atoms with E-state index in [-0.39, 0.29) is 17.2 Å². The quantitative estimate of drug-likeness (QED) is 0.232. The van der Waals surface area contributed by atoms with Crippen LogP contribution in [0.3, 0.4) is 0 Å². The summed E-state index contributed by atoms with van der Waals surface area (Å²) in [6.07, 6.45) is 3.33. The second-order valence-corrected chi connectivity index (χ2v) is 8.14. The molecule has 0 aliphatic rings. The van der Waals surface area contributed by atoms with E-state index < -0.39 is 4.92 Å². The van der Waals surface area contributed by atoms with Crippen LogP contribution in [0.2, 0.25) is 0 Å². The largest absolute Gasteiger partial charge is 0.315 e. The number of halogens is 1. The van der Waals surface area contributed by atoms with Gasteiger partial charge in [0, 0.05) is 28.7 Å². The highest BCUT2D eigenvalue weighted by molar-refractivity contribution is 9.10. The molecule has 0 radical (unpaired) electrons. The average Bonchev–Trinajstić information content (AvgIpc) is 3.22. The summed E-state index contributed by atoms with van der Waals surface area (Å²) in [5.41, 5.74) is 1.63. The zero-order valence-electron chi connectivity index (χ0n) is 16.8. The van der Waals surface area contributed by atoms with Gasteiger partial charge in [-0.25, -0.2) is 4.98 Å². The number of rotatable bonds is 5. The van der Waals surface area contributed by atoms with Crippen LogP contribution in [0, 0.1) is 10.1 Å². The number of nitro benzene ring substituents is 1. The van der Waals surface area contributed by atoms with E-state index in [1.165, 1.54) is 16.8 Å². The molecule has 0 bridgehead atoms. The molecule has 9 heteroatoms. The molecule has 2 aromatic heterocycles. The van der Waals surface area contributed by atoms with Crippen molar-refractivity contribution in [2.24, 2.45) is 5.10 Å². The predicted octanol–water partition coefficient (Wildman–Crippen LogP) is 4.86. The molecular formula is C22H18BrN5O3. The van der Waals surface area contributed by atoms with Gasteiger partial charge >= 0.3 is 0 Å². The lowest BCUT2D eigenvalue weighted by molar-refractivity contribution is -0.384. The Morgan fingerprint density at radius 3 is 2.71 bits per heavy atom. The summed E-state index contributed by atoms with van der Waals surface area (Å²) in [6, 6.07) is 15.3. The molecule has 31 heavy (non-hydrogen) atoms. The molecular weight excluding hydrogens is 462 g/mol. The Morgan fingerprint density at radius 1 is 1.16 bits per heavy atom. The van der Waals surface area contributed by atoms with Crippen LogP contribution in [0.4, 0.5) is 5.69 Å². The van der Waals surface area contributed by atoms with E-state index >= 15 is 0 Å². The van der Waals surface area contributed by atoms with Crippen molar-refractivity contribution in [1.82, 2.24) is 14.2 Å². The summed E-state index contributed by atoms with van der Waals surface area (Å²) in [4.78, 5) is 28.5. The van der Waals surface area contributed by atoms with Crippen molar-refractivity contribution in [3.8, 4) is 5.69 Å². The molecule has 0 saturated carbocycles. The molecule has 0 spiro atoms. The molecule has 156 valence electrons. The Hall–Kier alpha value is -3.59. The van der Waals surface area contributed by atoms with Gasteiger partial charge in [0.05, 0.1) is 33.4 Å². The number of benzene rings is 2. The van der Waals surface area contributed by atoms with Crippen molar-refractivity contribution >= 4 is 38.7 Å². The van der Waals surface area contributed by atoms with Crippen LogP contribution in [-0.4, -0.2) is 25.4 Å². The smallest absolute Gasteiger partial charge is 0.282 e. The number of hydrogen-bond acceptors (Lipinski definition) is 5. The fourth-order valence-electron chi connectivity index (χ4n) is 3.26. The average molecular weight is 480 g/mol. The summed E-state index contributed by atoms with van der Waals surface area (Å²) in [5, 5.41) is 16.0. The Kier molecular flexibility index (Phi) is 5.51. The molecule has 8 nitrogen and oxygen atoms in total. The fourth-order valence-corrected chi connectivity index (χ4v) is 3.62. The van der Waals surface area contributed by atoms with Crippen molar-refractivity contribution in [3.05, 3.63) is 97.3 Å². The zero-order valence-corrected chi connectivity index (χ0v) is 18.4. The van der Waals surface area contributed by atoms with Gasteiger partial charge < -0.3 is 4.57 Å². The van der Waals surface area contributed by atoms with Crippen LogP contribution < -0.4 is 5.56 Å². The highest BCUT2D eigenvalue weighted by atomic mass is 79.9. The van der Waals surface area contributed by atoms with Gasteiger partial charge in [0.1, 0.15) is 5.82 Å². The number of nitrogens with zero attached hydrogens (tertiary/aromatic N) is 5. The van der Waals surface area contributed by atoms with E-state index in [9.17, 15) is 14.9 Å². The van der Waals surface area contributed by atoms with Crippen LogP contribution in [-0.2, 0) is 0 Å². The van der Waals surface area contributed by atoms with Crippen LogP contribution in [0.1, 0.15) is 31.3 Å². The SMILES string of the molecule is CC(C)c1nc2ccc(Br)cc2c(=O)n1N=Cc1cccn1-c1cccc([N+](=O)[O-])c1. The topological polar surface area (TPSA) is 95.3 Å². The molecule has 2 heterocycles.